The van der Waals surface area contributed by atoms with Gasteiger partial charge in [-0.2, -0.15) is 4.37 Å². The molecule has 0 unspecified atom stereocenters. The molecule has 0 atom stereocenters. The average molecular weight is 287 g/mol. The summed E-state index contributed by atoms with van der Waals surface area (Å²) in [5.41, 5.74) is 5.92. The van der Waals surface area contributed by atoms with E-state index in [4.69, 9.17) is 15.6 Å². The van der Waals surface area contributed by atoms with Gasteiger partial charge in [0.15, 0.2) is 16.6 Å². The number of nitrogen functional groups attached to an aromatic ring is 1. The molecule has 1 rings (SSSR count). The lowest BCUT2D eigenvalue weighted by Gasteiger charge is -2.25. The molecule has 1 aromatic rings. The van der Waals surface area contributed by atoms with Crippen molar-refractivity contribution in [2.45, 2.75) is 46.6 Å². The summed E-state index contributed by atoms with van der Waals surface area (Å²) < 4.78 is 9.81. The van der Waals surface area contributed by atoms with E-state index in [1.54, 1.807) is 0 Å². The Morgan fingerprint density at radius 2 is 2.16 bits per heavy atom. The number of aromatic nitrogens is 1. The highest BCUT2D eigenvalue weighted by atomic mass is 32.1. The minimum absolute atomic E-state index is 0.0710. The third kappa shape index (κ3) is 5.24. The molecule has 6 heteroatoms. The summed E-state index contributed by atoms with van der Waals surface area (Å²) in [7, 11) is 0. The number of aliphatic hydroxyl groups excluding tert-OH is 1. The molecule has 0 amide bonds. The molecule has 4 N–H and O–H groups in total. The third-order valence-electron chi connectivity index (χ3n) is 2.77. The molecular weight excluding hydrogens is 262 g/mol. The minimum Gasteiger partial charge on any atom is -0.484 e. The predicted molar refractivity (Wildman–Crippen MR) is 80.9 cm³/mol. The van der Waals surface area contributed by atoms with Gasteiger partial charge >= 0.3 is 0 Å². The largest absolute Gasteiger partial charge is 0.484 e. The van der Waals surface area contributed by atoms with E-state index in [9.17, 15) is 0 Å². The molecule has 5 nitrogen and oxygen atoms in total. The SMILES string of the molecule is CC(C)Oc1c(N)nsc1NCC(C)(C)CCCO. The van der Waals surface area contributed by atoms with E-state index in [0.29, 0.717) is 11.6 Å². The second-order valence-electron chi connectivity index (χ2n) is 5.74. The van der Waals surface area contributed by atoms with Crippen LogP contribution in [0, 0.1) is 5.41 Å². The lowest BCUT2D eigenvalue weighted by molar-refractivity contribution is 0.243. The fraction of sp³-hybridized carbons (Fsp3) is 0.769. The van der Waals surface area contributed by atoms with Gasteiger partial charge in [-0.25, -0.2) is 0 Å². The molecule has 19 heavy (non-hydrogen) atoms. The number of rotatable bonds is 8. The van der Waals surface area contributed by atoms with Crippen LogP contribution in [0.5, 0.6) is 5.75 Å². The summed E-state index contributed by atoms with van der Waals surface area (Å²) in [5.74, 6) is 1.09. The second kappa shape index (κ2) is 6.96. The summed E-state index contributed by atoms with van der Waals surface area (Å²) in [5, 5.41) is 13.1. The molecule has 0 aliphatic rings. The van der Waals surface area contributed by atoms with Crippen LogP contribution in [-0.4, -0.2) is 28.7 Å². The first-order valence-corrected chi connectivity index (χ1v) is 7.39. The number of anilines is 2. The van der Waals surface area contributed by atoms with Gasteiger partial charge < -0.3 is 20.9 Å². The molecular formula is C13H25N3O2S. The standard InChI is InChI=1S/C13H25N3O2S/c1-9(2)18-10-11(14)16-19-12(10)15-8-13(3,4)6-5-7-17/h9,15,17H,5-8H2,1-4H3,(H2,14,16). The Morgan fingerprint density at radius 1 is 1.47 bits per heavy atom. The van der Waals surface area contributed by atoms with Gasteiger partial charge in [0.1, 0.15) is 0 Å². The Kier molecular flexibility index (Phi) is 5.87. The van der Waals surface area contributed by atoms with Gasteiger partial charge in [-0.3, -0.25) is 0 Å². The van der Waals surface area contributed by atoms with E-state index < -0.39 is 0 Å². The van der Waals surface area contributed by atoms with Gasteiger partial charge in [-0.1, -0.05) is 13.8 Å². The molecule has 0 aliphatic carbocycles. The highest BCUT2D eigenvalue weighted by Crippen LogP contribution is 2.37. The number of ether oxygens (including phenoxy) is 1. The summed E-state index contributed by atoms with van der Waals surface area (Å²) in [6, 6.07) is 0. The fourth-order valence-corrected chi connectivity index (χ4v) is 2.37. The Morgan fingerprint density at radius 3 is 2.74 bits per heavy atom. The Labute approximate surface area is 119 Å². The van der Waals surface area contributed by atoms with Crippen molar-refractivity contribution in [3.05, 3.63) is 0 Å². The van der Waals surface area contributed by atoms with E-state index >= 15 is 0 Å². The van der Waals surface area contributed by atoms with Gasteiger partial charge in [0.2, 0.25) is 0 Å². The van der Waals surface area contributed by atoms with E-state index in [-0.39, 0.29) is 18.1 Å². The number of nitrogens with zero attached hydrogens (tertiary/aromatic N) is 1. The van der Waals surface area contributed by atoms with Crippen LogP contribution in [0.4, 0.5) is 10.8 Å². The van der Waals surface area contributed by atoms with E-state index in [1.165, 1.54) is 11.5 Å². The van der Waals surface area contributed by atoms with Gasteiger partial charge in [-0.15, -0.1) is 0 Å². The van der Waals surface area contributed by atoms with Gasteiger partial charge in [0, 0.05) is 13.2 Å². The van der Waals surface area contributed by atoms with Crippen LogP contribution in [0.2, 0.25) is 0 Å². The van der Waals surface area contributed by atoms with E-state index in [2.05, 4.69) is 23.5 Å². The monoisotopic (exact) mass is 287 g/mol. The van der Waals surface area contributed by atoms with Crippen LogP contribution in [0.15, 0.2) is 0 Å². The normalized spacial score (nSPS) is 11.9. The topological polar surface area (TPSA) is 80.4 Å². The zero-order valence-corrected chi connectivity index (χ0v) is 13.0. The summed E-state index contributed by atoms with van der Waals surface area (Å²) in [4.78, 5) is 0. The van der Waals surface area contributed by atoms with Crippen molar-refractivity contribution < 1.29 is 9.84 Å². The lowest BCUT2D eigenvalue weighted by atomic mass is 9.88. The second-order valence-corrected chi connectivity index (χ2v) is 6.51. The molecule has 0 bridgehead atoms. The van der Waals surface area contributed by atoms with Crippen molar-refractivity contribution in [1.82, 2.24) is 4.37 Å². The number of aliphatic hydroxyl groups is 1. The van der Waals surface area contributed by atoms with Crippen molar-refractivity contribution in [2.24, 2.45) is 5.41 Å². The van der Waals surface area contributed by atoms with Crippen LogP contribution < -0.4 is 15.8 Å². The maximum Gasteiger partial charge on any atom is 0.197 e. The van der Waals surface area contributed by atoms with Crippen molar-refractivity contribution in [2.75, 3.05) is 24.2 Å². The van der Waals surface area contributed by atoms with Gasteiger partial charge in [0.05, 0.1) is 6.10 Å². The summed E-state index contributed by atoms with van der Waals surface area (Å²) >= 11 is 1.32. The Bertz CT molecular complexity index is 391. The first-order valence-electron chi connectivity index (χ1n) is 6.62. The van der Waals surface area contributed by atoms with Crippen molar-refractivity contribution in [3.63, 3.8) is 0 Å². The Hall–Kier alpha value is -1.01. The minimum atomic E-state index is 0.0710. The van der Waals surface area contributed by atoms with Gasteiger partial charge in [0.25, 0.3) is 0 Å². The molecule has 1 aromatic heterocycles. The highest BCUT2D eigenvalue weighted by Gasteiger charge is 2.20. The Balaban J connectivity index is 2.62. The van der Waals surface area contributed by atoms with Crippen LogP contribution in [-0.2, 0) is 0 Å². The summed E-state index contributed by atoms with van der Waals surface area (Å²) in [6.45, 7) is 9.30. The molecule has 0 spiro atoms. The zero-order valence-electron chi connectivity index (χ0n) is 12.2. The molecule has 0 saturated heterocycles. The molecule has 0 fully saturated rings. The fourth-order valence-electron chi connectivity index (χ4n) is 1.72. The van der Waals surface area contributed by atoms with Crippen LogP contribution in [0.3, 0.4) is 0 Å². The number of hydrogen-bond acceptors (Lipinski definition) is 6. The van der Waals surface area contributed by atoms with Crippen LogP contribution in [0.25, 0.3) is 0 Å². The van der Waals surface area contributed by atoms with Crippen LogP contribution >= 0.6 is 11.5 Å². The molecule has 110 valence electrons. The first-order chi connectivity index (χ1) is 8.85. The molecule has 1 heterocycles. The third-order valence-corrected chi connectivity index (χ3v) is 3.57. The quantitative estimate of drug-likeness (QED) is 0.685. The number of hydrogen-bond donors (Lipinski definition) is 3. The van der Waals surface area contributed by atoms with E-state index in [1.807, 2.05) is 13.8 Å². The lowest BCUT2D eigenvalue weighted by Crippen LogP contribution is -2.23. The predicted octanol–water partition coefficient (Wildman–Crippen LogP) is 2.72. The maximum absolute atomic E-state index is 8.90. The molecule has 0 saturated carbocycles. The van der Waals surface area contributed by atoms with Crippen molar-refractivity contribution in [3.8, 4) is 5.75 Å². The summed E-state index contributed by atoms with van der Waals surface area (Å²) in [6.07, 6.45) is 1.85. The van der Waals surface area contributed by atoms with Crippen molar-refractivity contribution in [1.29, 1.82) is 0 Å². The number of nitrogens with one attached hydrogen (secondary N) is 1. The molecule has 0 aliphatic heterocycles. The van der Waals surface area contributed by atoms with E-state index in [0.717, 1.165) is 24.4 Å². The highest BCUT2D eigenvalue weighted by molar-refractivity contribution is 7.11. The van der Waals surface area contributed by atoms with Crippen LogP contribution in [0.1, 0.15) is 40.5 Å². The smallest absolute Gasteiger partial charge is 0.197 e. The molecule has 0 aromatic carbocycles. The first kappa shape index (κ1) is 16.0. The van der Waals surface area contributed by atoms with Gasteiger partial charge in [-0.05, 0) is 43.6 Å². The maximum atomic E-state index is 8.90. The number of nitrogens with two attached hydrogens (primary N) is 1. The van der Waals surface area contributed by atoms with Crippen molar-refractivity contribution >= 4 is 22.4 Å². The average Bonchev–Trinajstić information content (AvgIpc) is 2.66. The molecule has 0 radical (unpaired) electrons. The zero-order chi connectivity index (χ0) is 14.5.